The van der Waals surface area contributed by atoms with Gasteiger partial charge < -0.3 is 20.7 Å². The van der Waals surface area contributed by atoms with E-state index in [1.165, 1.54) is 6.42 Å². The molecule has 0 aliphatic heterocycles. The predicted molar refractivity (Wildman–Crippen MR) is 98.8 cm³/mol. The van der Waals surface area contributed by atoms with Gasteiger partial charge in [0.1, 0.15) is 5.75 Å². The van der Waals surface area contributed by atoms with Gasteiger partial charge in [-0.1, -0.05) is 13.8 Å². The van der Waals surface area contributed by atoms with Crippen LogP contribution in [-0.4, -0.2) is 45.7 Å². The molecule has 6 nitrogen and oxygen atoms in total. The van der Waals surface area contributed by atoms with Crippen LogP contribution in [0.5, 0.6) is 5.75 Å². The molecule has 1 rings (SSSR count). The first-order chi connectivity index (χ1) is 11.6. The number of carbonyl (C=O) groups excluding carboxylic acids is 1. The normalized spacial score (nSPS) is 11.3. The molecule has 6 heteroatoms. The molecule has 0 heterocycles. The summed E-state index contributed by atoms with van der Waals surface area (Å²) in [5.74, 6) is 2.12. The topological polar surface area (TPSA) is 74.8 Å². The fraction of sp³-hybridized carbons (Fsp3) is 0.556. The Morgan fingerprint density at radius 2 is 1.71 bits per heavy atom. The van der Waals surface area contributed by atoms with Crippen molar-refractivity contribution in [3.63, 3.8) is 0 Å². The number of nitrogens with zero attached hydrogens (tertiary/aromatic N) is 1. The number of carbonyl (C=O) groups is 1. The van der Waals surface area contributed by atoms with Gasteiger partial charge in [0, 0.05) is 32.2 Å². The van der Waals surface area contributed by atoms with Gasteiger partial charge in [-0.25, -0.2) is 0 Å². The van der Waals surface area contributed by atoms with E-state index in [0.717, 1.165) is 30.6 Å². The van der Waals surface area contributed by atoms with E-state index in [9.17, 15) is 4.79 Å². The van der Waals surface area contributed by atoms with Crippen LogP contribution in [-0.2, 0) is 0 Å². The molecule has 0 spiro atoms. The fourth-order valence-electron chi connectivity index (χ4n) is 2.14. The van der Waals surface area contributed by atoms with E-state index < -0.39 is 0 Å². The van der Waals surface area contributed by atoms with Gasteiger partial charge in [-0.3, -0.25) is 9.79 Å². The minimum Gasteiger partial charge on any atom is -0.497 e. The molecule has 0 aliphatic carbocycles. The summed E-state index contributed by atoms with van der Waals surface area (Å²) >= 11 is 0. The number of methoxy groups -OCH3 is 1. The maximum absolute atomic E-state index is 12.0. The fourth-order valence-corrected chi connectivity index (χ4v) is 2.14. The zero-order valence-corrected chi connectivity index (χ0v) is 15.2. The minimum absolute atomic E-state index is 0.0978. The lowest BCUT2D eigenvalue weighted by Gasteiger charge is -2.13. The number of ether oxygens (including phenoxy) is 1. The Kier molecular flexibility index (Phi) is 9.34. The lowest BCUT2D eigenvalue weighted by atomic mass is 10.1. The first-order valence-electron chi connectivity index (χ1n) is 8.43. The quantitative estimate of drug-likeness (QED) is 0.367. The number of amides is 1. The second kappa shape index (κ2) is 11.3. The van der Waals surface area contributed by atoms with Gasteiger partial charge in [0.25, 0.3) is 5.91 Å². The van der Waals surface area contributed by atoms with Crippen molar-refractivity contribution in [2.24, 2.45) is 10.9 Å². The van der Waals surface area contributed by atoms with Gasteiger partial charge in [-0.05, 0) is 43.0 Å². The van der Waals surface area contributed by atoms with Crippen molar-refractivity contribution in [3.05, 3.63) is 29.8 Å². The van der Waals surface area contributed by atoms with E-state index in [1.807, 2.05) is 0 Å². The predicted octanol–water partition coefficient (Wildman–Crippen LogP) is 2.03. The molecule has 0 saturated carbocycles. The third-order valence-corrected chi connectivity index (χ3v) is 3.53. The molecule has 24 heavy (non-hydrogen) atoms. The third-order valence-electron chi connectivity index (χ3n) is 3.53. The second-order valence-electron chi connectivity index (χ2n) is 5.95. The standard InChI is InChI=1S/C18H30N4O2/c1-14(2)6-5-11-21-18(19-3)22-13-12-20-17(23)15-7-9-16(24-4)10-8-15/h7-10,14H,5-6,11-13H2,1-4H3,(H,20,23)(H2,19,21,22). The van der Waals surface area contributed by atoms with Crippen molar-refractivity contribution in [2.75, 3.05) is 33.8 Å². The smallest absolute Gasteiger partial charge is 0.251 e. The molecular weight excluding hydrogens is 304 g/mol. The highest BCUT2D eigenvalue weighted by Gasteiger charge is 2.05. The SMILES string of the molecule is CN=C(NCCCC(C)C)NCCNC(=O)c1ccc(OC)cc1. The zero-order valence-electron chi connectivity index (χ0n) is 15.2. The number of hydrogen-bond donors (Lipinski definition) is 3. The molecular formula is C18H30N4O2. The summed E-state index contributed by atoms with van der Waals surface area (Å²) in [5.41, 5.74) is 0.618. The maximum Gasteiger partial charge on any atom is 0.251 e. The zero-order chi connectivity index (χ0) is 17.8. The maximum atomic E-state index is 12.0. The molecule has 1 amide bonds. The third kappa shape index (κ3) is 7.85. The van der Waals surface area contributed by atoms with Gasteiger partial charge >= 0.3 is 0 Å². The number of nitrogens with one attached hydrogen (secondary N) is 3. The molecule has 0 fully saturated rings. The van der Waals surface area contributed by atoms with E-state index in [2.05, 4.69) is 34.8 Å². The van der Waals surface area contributed by atoms with E-state index in [0.29, 0.717) is 18.7 Å². The summed E-state index contributed by atoms with van der Waals surface area (Å²) < 4.78 is 5.08. The van der Waals surface area contributed by atoms with Gasteiger partial charge in [0.05, 0.1) is 7.11 Å². The minimum atomic E-state index is -0.0978. The molecule has 0 saturated heterocycles. The lowest BCUT2D eigenvalue weighted by Crippen LogP contribution is -2.41. The van der Waals surface area contributed by atoms with Gasteiger partial charge in [-0.15, -0.1) is 0 Å². The summed E-state index contributed by atoms with van der Waals surface area (Å²) in [6.07, 6.45) is 2.31. The Bertz CT molecular complexity index is 512. The van der Waals surface area contributed by atoms with Crippen molar-refractivity contribution < 1.29 is 9.53 Å². The molecule has 0 atom stereocenters. The van der Waals surface area contributed by atoms with Gasteiger partial charge in [-0.2, -0.15) is 0 Å². The molecule has 1 aromatic carbocycles. The number of hydrogen-bond acceptors (Lipinski definition) is 3. The molecule has 3 N–H and O–H groups in total. The molecule has 134 valence electrons. The molecule has 0 radical (unpaired) electrons. The number of guanidine groups is 1. The van der Waals surface area contributed by atoms with Crippen LogP contribution in [0.25, 0.3) is 0 Å². The molecule has 0 aromatic heterocycles. The van der Waals surface area contributed by atoms with Crippen molar-refractivity contribution in [1.29, 1.82) is 0 Å². The Morgan fingerprint density at radius 3 is 2.29 bits per heavy atom. The van der Waals surface area contributed by atoms with Gasteiger partial charge in [0.15, 0.2) is 5.96 Å². The van der Waals surface area contributed by atoms with Crippen LogP contribution >= 0.6 is 0 Å². The first-order valence-corrected chi connectivity index (χ1v) is 8.43. The van der Waals surface area contributed by atoms with Crippen LogP contribution in [0.1, 0.15) is 37.0 Å². The summed E-state index contributed by atoms with van der Waals surface area (Å²) in [4.78, 5) is 16.2. The highest BCUT2D eigenvalue weighted by molar-refractivity contribution is 5.94. The van der Waals surface area contributed by atoms with Crippen LogP contribution in [0.4, 0.5) is 0 Å². The van der Waals surface area contributed by atoms with Crippen molar-refractivity contribution in [1.82, 2.24) is 16.0 Å². The van der Waals surface area contributed by atoms with Crippen LogP contribution in [0.3, 0.4) is 0 Å². The Labute approximate surface area is 145 Å². The largest absolute Gasteiger partial charge is 0.497 e. The van der Waals surface area contributed by atoms with Crippen molar-refractivity contribution in [2.45, 2.75) is 26.7 Å². The summed E-state index contributed by atoms with van der Waals surface area (Å²) in [6, 6.07) is 7.04. The van der Waals surface area contributed by atoms with E-state index in [-0.39, 0.29) is 5.91 Å². The second-order valence-corrected chi connectivity index (χ2v) is 5.95. The van der Waals surface area contributed by atoms with Crippen molar-refractivity contribution >= 4 is 11.9 Å². The van der Waals surface area contributed by atoms with E-state index >= 15 is 0 Å². The Hall–Kier alpha value is -2.24. The number of benzene rings is 1. The highest BCUT2D eigenvalue weighted by atomic mass is 16.5. The lowest BCUT2D eigenvalue weighted by molar-refractivity contribution is 0.0954. The Morgan fingerprint density at radius 1 is 1.08 bits per heavy atom. The molecule has 0 unspecified atom stereocenters. The summed E-state index contributed by atoms with van der Waals surface area (Å²) in [6.45, 7) is 6.48. The van der Waals surface area contributed by atoms with Crippen LogP contribution in [0.2, 0.25) is 0 Å². The average molecular weight is 334 g/mol. The van der Waals surface area contributed by atoms with Crippen LogP contribution < -0.4 is 20.7 Å². The van der Waals surface area contributed by atoms with Gasteiger partial charge in [0.2, 0.25) is 0 Å². The summed E-state index contributed by atoms with van der Waals surface area (Å²) in [5, 5.41) is 9.33. The molecule has 0 bridgehead atoms. The first kappa shape index (κ1) is 19.8. The van der Waals surface area contributed by atoms with Crippen LogP contribution in [0.15, 0.2) is 29.3 Å². The number of rotatable bonds is 9. The average Bonchev–Trinajstić information content (AvgIpc) is 2.60. The van der Waals surface area contributed by atoms with Crippen molar-refractivity contribution in [3.8, 4) is 5.75 Å². The molecule has 1 aromatic rings. The molecule has 0 aliphatic rings. The Balaban J connectivity index is 2.22. The van der Waals surface area contributed by atoms with E-state index in [4.69, 9.17) is 4.74 Å². The monoisotopic (exact) mass is 334 g/mol. The number of aliphatic imine (C=N–C) groups is 1. The van der Waals surface area contributed by atoms with Crippen LogP contribution in [0, 0.1) is 5.92 Å². The summed E-state index contributed by atoms with van der Waals surface area (Å²) in [7, 11) is 3.35. The highest BCUT2D eigenvalue weighted by Crippen LogP contribution is 2.10. The van der Waals surface area contributed by atoms with E-state index in [1.54, 1.807) is 38.4 Å².